The molecule has 0 saturated carbocycles. The quantitative estimate of drug-likeness (QED) is 0.608. The van der Waals surface area contributed by atoms with E-state index in [-0.39, 0.29) is 12.3 Å². The maximum absolute atomic E-state index is 13.5. The van der Waals surface area contributed by atoms with Crippen molar-refractivity contribution >= 4 is 22.6 Å². The molecule has 1 heterocycles. The molecule has 27 heavy (non-hydrogen) atoms. The van der Waals surface area contributed by atoms with Crippen molar-refractivity contribution in [2.75, 3.05) is 25.6 Å². The summed E-state index contributed by atoms with van der Waals surface area (Å²) >= 11 is 0. The van der Waals surface area contributed by atoms with Crippen molar-refractivity contribution in [2.45, 2.75) is 13.1 Å². The number of hydrogen-bond donors (Lipinski definition) is 0. The summed E-state index contributed by atoms with van der Waals surface area (Å²) < 4.78 is 47.1. The summed E-state index contributed by atoms with van der Waals surface area (Å²) in [4.78, 5) is 13.2. The molecule has 3 aromatic rings. The van der Waals surface area contributed by atoms with Crippen LogP contribution in [0.4, 0.5) is 18.9 Å². The summed E-state index contributed by atoms with van der Waals surface area (Å²) in [5.41, 5.74) is 0.914. The highest BCUT2D eigenvalue weighted by Gasteiger charge is 2.34. The average Bonchev–Trinajstić information content (AvgIpc) is 3.03. The van der Waals surface area contributed by atoms with Crippen molar-refractivity contribution in [1.29, 1.82) is 0 Å². The molecule has 142 valence electrons. The first-order chi connectivity index (χ1) is 12.7. The molecule has 0 N–H and O–H groups in total. The number of rotatable bonds is 4. The van der Waals surface area contributed by atoms with E-state index in [2.05, 4.69) is 0 Å². The molecule has 0 radical (unpaired) electrons. The molecule has 0 bridgehead atoms. The van der Waals surface area contributed by atoms with Crippen molar-refractivity contribution in [2.24, 2.45) is 0 Å². The van der Waals surface area contributed by atoms with E-state index in [1.165, 1.54) is 11.0 Å². The number of anilines is 1. The van der Waals surface area contributed by atoms with Gasteiger partial charge in [-0.25, -0.2) is 4.79 Å². The van der Waals surface area contributed by atoms with E-state index in [9.17, 15) is 18.0 Å². The second-order valence-electron chi connectivity index (χ2n) is 6.27. The van der Waals surface area contributed by atoms with Gasteiger partial charge in [0.15, 0.2) is 0 Å². The Hall–Kier alpha value is -2.96. The SMILES string of the molecule is CCOC(=O)c1ccc(-n2ccc3cc(N(C)C)c(C(F)(F)F)cc32)cc1. The zero-order valence-electron chi connectivity index (χ0n) is 15.2. The first-order valence-electron chi connectivity index (χ1n) is 8.39. The lowest BCUT2D eigenvalue weighted by atomic mass is 10.1. The van der Waals surface area contributed by atoms with Gasteiger partial charge in [-0.1, -0.05) is 0 Å². The van der Waals surface area contributed by atoms with E-state index in [4.69, 9.17) is 4.74 Å². The standard InChI is InChI=1S/C20H19F3N2O2/c1-4-27-19(26)13-5-7-15(8-6-13)25-10-9-14-11-18(24(2)3)16(12-17(14)25)20(21,22)23/h5-12H,4H2,1-3H3. The predicted molar refractivity (Wildman–Crippen MR) is 98.6 cm³/mol. The van der Waals surface area contributed by atoms with Gasteiger partial charge in [-0.05, 0) is 49.4 Å². The van der Waals surface area contributed by atoms with Crippen LogP contribution in [0, 0.1) is 0 Å². The number of fused-ring (bicyclic) bond motifs is 1. The van der Waals surface area contributed by atoms with Gasteiger partial charge >= 0.3 is 12.1 Å². The van der Waals surface area contributed by atoms with Crippen molar-refractivity contribution < 1.29 is 22.7 Å². The zero-order valence-corrected chi connectivity index (χ0v) is 15.2. The van der Waals surface area contributed by atoms with Crippen LogP contribution in [-0.4, -0.2) is 31.2 Å². The Morgan fingerprint density at radius 2 is 1.78 bits per heavy atom. The van der Waals surface area contributed by atoms with E-state index in [1.807, 2.05) is 0 Å². The van der Waals surface area contributed by atoms with Crippen LogP contribution < -0.4 is 4.90 Å². The number of ether oxygens (including phenoxy) is 1. The maximum atomic E-state index is 13.5. The molecule has 0 saturated heterocycles. The van der Waals surface area contributed by atoms with Gasteiger partial charge in [-0.15, -0.1) is 0 Å². The Morgan fingerprint density at radius 3 is 2.33 bits per heavy atom. The van der Waals surface area contributed by atoms with Crippen LogP contribution in [0.5, 0.6) is 0 Å². The number of aromatic nitrogens is 1. The fourth-order valence-corrected chi connectivity index (χ4v) is 2.96. The van der Waals surface area contributed by atoms with Crippen molar-refractivity contribution in [1.82, 2.24) is 4.57 Å². The van der Waals surface area contributed by atoms with Gasteiger partial charge in [0.2, 0.25) is 0 Å². The second-order valence-corrected chi connectivity index (χ2v) is 6.27. The highest BCUT2D eigenvalue weighted by atomic mass is 19.4. The number of esters is 1. The number of carbonyl (C=O) groups excluding carboxylic acids is 1. The molecule has 1 aromatic heterocycles. The van der Waals surface area contributed by atoms with Gasteiger partial charge < -0.3 is 14.2 Å². The number of nitrogens with zero attached hydrogens (tertiary/aromatic N) is 2. The number of halogens is 3. The largest absolute Gasteiger partial charge is 0.462 e. The van der Waals surface area contributed by atoms with Crippen molar-refractivity contribution in [3.63, 3.8) is 0 Å². The molecular weight excluding hydrogens is 357 g/mol. The number of hydrogen-bond acceptors (Lipinski definition) is 3. The highest BCUT2D eigenvalue weighted by Crippen LogP contribution is 2.39. The topological polar surface area (TPSA) is 34.5 Å². The van der Waals surface area contributed by atoms with E-state index < -0.39 is 17.7 Å². The average molecular weight is 376 g/mol. The molecule has 0 fully saturated rings. The van der Waals surface area contributed by atoms with Gasteiger partial charge in [0.05, 0.1) is 23.3 Å². The van der Waals surface area contributed by atoms with E-state index in [0.717, 1.165) is 6.07 Å². The van der Waals surface area contributed by atoms with Gasteiger partial charge in [-0.3, -0.25) is 0 Å². The molecule has 4 nitrogen and oxygen atoms in total. The lowest BCUT2D eigenvalue weighted by Crippen LogP contribution is -2.16. The molecule has 2 aromatic carbocycles. The minimum absolute atomic E-state index is 0.116. The fraction of sp³-hybridized carbons (Fsp3) is 0.250. The normalized spacial score (nSPS) is 11.6. The van der Waals surface area contributed by atoms with E-state index >= 15 is 0 Å². The summed E-state index contributed by atoms with van der Waals surface area (Å²) in [7, 11) is 3.17. The number of carbonyl (C=O) groups is 1. The molecule has 3 rings (SSSR count). The van der Waals surface area contributed by atoms with E-state index in [0.29, 0.717) is 22.2 Å². The molecular formula is C20H19F3N2O2. The summed E-state index contributed by atoms with van der Waals surface area (Å²) in [5.74, 6) is -0.434. The van der Waals surface area contributed by atoms with Crippen LogP contribution in [0.15, 0.2) is 48.7 Å². The van der Waals surface area contributed by atoms with Crippen molar-refractivity contribution in [3.8, 4) is 5.69 Å². The summed E-state index contributed by atoms with van der Waals surface area (Å²) in [5, 5.41) is 0.696. The third-order valence-electron chi connectivity index (χ3n) is 4.25. The maximum Gasteiger partial charge on any atom is 0.418 e. The second kappa shape index (κ2) is 6.98. The fourth-order valence-electron chi connectivity index (χ4n) is 2.96. The first kappa shape index (κ1) is 18.8. The Labute approximate surface area is 154 Å². The summed E-state index contributed by atoms with van der Waals surface area (Å²) in [6.45, 7) is 2.00. The Balaban J connectivity index is 2.09. The van der Waals surface area contributed by atoms with Crippen LogP contribution >= 0.6 is 0 Å². The Morgan fingerprint density at radius 1 is 1.11 bits per heavy atom. The van der Waals surface area contributed by atoms with Crippen LogP contribution in [0.25, 0.3) is 16.6 Å². The van der Waals surface area contributed by atoms with Gasteiger partial charge in [0.1, 0.15) is 0 Å². The smallest absolute Gasteiger partial charge is 0.418 e. The number of alkyl halides is 3. The molecule has 0 aliphatic carbocycles. The minimum atomic E-state index is -4.46. The van der Waals surface area contributed by atoms with Gasteiger partial charge in [-0.2, -0.15) is 13.2 Å². The van der Waals surface area contributed by atoms with Crippen molar-refractivity contribution in [3.05, 3.63) is 59.8 Å². The van der Waals surface area contributed by atoms with Crippen LogP contribution in [0.2, 0.25) is 0 Å². The van der Waals surface area contributed by atoms with Crippen LogP contribution in [0.3, 0.4) is 0 Å². The molecule has 0 aliphatic rings. The van der Waals surface area contributed by atoms with Crippen LogP contribution in [-0.2, 0) is 10.9 Å². The Bertz CT molecular complexity index is 973. The third-order valence-corrected chi connectivity index (χ3v) is 4.25. The number of benzene rings is 2. The molecule has 0 aliphatic heterocycles. The third kappa shape index (κ3) is 3.63. The summed E-state index contributed by atoms with van der Waals surface area (Å²) in [6, 6.07) is 11.0. The van der Waals surface area contributed by atoms with Gasteiger partial charge in [0, 0.05) is 37.1 Å². The predicted octanol–water partition coefficient (Wildman–Crippen LogP) is 4.89. The molecule has 0 amide bonds. The van der Waals surface area contributed by atoms with E-state index in [1.54, 1.807) is 62.1 Å². The van der Waals surface area contributed by atoms with Crippen LogP contribution in [0.1, 0.15) is 22.8 Å². The molecule has 0 unspecified atom stereocenters. The lowest BCUT2D eigenvalue weighted by Gasteiger charge is -2.20. The molecule has 0 atom stereocenters. The first-order valence-corrected chi connectivity index (χ1v) is 8.39. The lowest BCUT2D eigenvalue weighted by molar-refractivity contribution is -0.137. The van der Waals surface area contributed by atoms with Gasteiger partial charge in [0.25, 0.3) is 0 Å². The monoisotopic (exact) mass is 376 g/mol. The molecule has 0 spiro atoms. The Kier molecular flexibility index (Phi) is 4.87. The highest BCUT2D eigenvalue weighted by molar-refractivity contribution is 5.90. The minimum Gasteiger partial charge on any atom is -0.462 e. The summed E-state index contributed by atoms with van der Waals surface area (Å²) in [6.07, 6.45) is -2.75. The molecule has 7 heteroatoms. The zero-order chi connectivity index (χ0) is 19.8.